The molecular weight excluding hydrogens is 188 g/mol. The predicted octanol–water partition coefficient (Wildman–Crippen LogP) is 2.56. The summed E-state index contributed by atoms with van der Waals surface area (Å²) in [5, 5.41) is 8.86. The number of hydrogen-bond donors (Lipinski definition) is 1. The van der Waals surface area contributed by atoms with E-state index in [2.05, 4.69) is 13.8 Å². The zero-order valence-electron chi connectivity index (χ0n) is 9.79. The van der Waals surface area contributed by atoms with Crippen molar-refractivity contribution < 1.29 is 9.84 Å². The monoisotopic (exact) mass is 208 g/mol. The Balaban J connectivity index is 2.71. The van der Waals surface area contributed by atoms with Crippen LogP contribution in [-0.2, 0) is 6.42 Å². The molecule has 0 aliphatic carbocycles. The van der Waals surface area contributed by atoms with E-state index in [0.29, 0.717) is 12.3 Å². The summed E-state index contributed by atoms with van der Waals surface area (Å²) < 4.78 is 5.70. The first kappa shape index (κ1) is 12.1. The molecule has 0 aliphatic heterocycles. The van der Waals surface area contributed by atoms with Gasteiger partial charge in [-0.1, -0.05) is 26.0 Å². The van der Waals surface area contributed by atoms with Crippen LogP contribution in [0, 0.1) is 12.8 Å². The maximum atomic E-state index is 8.86. The maximum Gasteiger partial charge on any atom is 0.122 e. The normalized spacial score (nSPS) is 10.7. The van der Waals surface area contributed by atoms with Crippen molar-refractivity contribution >= 4 is 0 Å². The van der Waals surface area contributed by atoms with Gasteiger partial charge in [0.2, 0.25) is 0 Å². The first-order valence-electron chi connectivity index (χ1n) is 5.46. The molecule has 0 aromatic heterocycles. The molecule has 0 atom stereocenters. The van der Waals surface area contributed by atoms with Crippen LogP contribution in [0.1, 0.15) is 25.0 Å². The topological polar surface area (TPSA) is 29.5 Å². The Morgan fingerprint density at radius 1 is 1.33 bits per heavy atom. The lowest BCUT2D eigenvalue weighted by Gasteiger charge is -2.12. The van der Waals surface area contributed by atoms with Gasteiger partial charge in [0, 0.05) is 6.61 Å². The second-order valence-electron chi connectivity index (χ2n) is 4.28. The van der Waals surface area contributed by atoms with Gasteiger partial charge in [0.05, 0.1) is 6.61 Å². The average Bonchev–Trinajstić information content (AvgIpc) is 2.19. The molecule has 15 heavy (non-hydrogen) atoms. The third-order valence-corrected chi connectivity index (χ3v) is 2.23. The summed E-state index contributed by atoms with van der Waals surface area (Å²) in [4.78, 5) is 0. The average molecular weight is 208 g/mol. The minimum absolute atomic E-state index is 0.187. The summed E-state index contributed by atoms with van der Waals surface area (Å²) in [6.07, 6.45) is 0.693. The van der Waals surface area contributed by atoms with Gasteiger partial charge in [0.15, 0.2) is 0 Å². The standard InChI is InChI=1S/C13H20O2/c1-10(2)9-15-13-8-12(6-7-14)5-4-11(13)3/h4-5,8,10,14H,6-7,9H2,1-3H3. The molecule has 0 unspecified atom stereocenters. The van der Waals surface area contributed by atoms with E-state index >= 15 is 0 Å². The lowest BCUT2D eigenvalue weighted by Crippen LogP contribution is -2.06. The molecule has 1 rings (SSSR count). The molecule has 0 aliphatic rings. The lowest BCUT2D eigenvalue weighted by molar-refractivity contribution is 0.268. The summed E-state index contributed by atoms with van der Waals surface area (Å²) >= 11 is 0. The van der Waals surface area contributed by atoms with Gasteiger partial charge in [-0.3, -0.25) is 0 Å². The molecule has 1 aromatic carbocycles. The fraction of sp³-hybridized carbons (Fsp3) is 0.538. The van der Waals surface area contributed by atoms with Gasteiger partial charge in [-0.05, 0) is 36.5 Å². The molecule has 0 spiro atoms. The fourth-order valence-electron chi connectivity index (χ4n) is 1.34. The third-order valence-electron chi connectivity index (χ3n) is 2.23. The maximum absolute atomic E-state index is 8.86. The van der Waals surface area contributed by atoms with Crippen LogP contribution in [0.3, 0.4) is 0 Å². The zero-order chi connectivity index (χ0) is 11.3. The van der Waals surface area contributed by atoms with Crippen molar-refractivity contribution in [1.82, 2.24) is 0 Å². The van der Waals surface area contributed by atoms with Gasteiger partial charge in [-0.2, -0.15) is 0 Å². The van der Waals surface area contributed by atoms with Crippen LogP contribution in [0.4, 0.5) is 0 Å². The number of benzene rings is 1. The SMILES string of the molecule is Cc1ccc(CCO)cc1OCC(C)C. The van der Waals surface area contributed by atoms with Crippen LogP contribution in [0.25, 0.3) is 0 Å². The predicted molar refractivity (Wildman–Crippen MR) is 62.3 cm³/mol. The highest BCUT2D eigenvalue weighted by atomic mass is 16.5. The Hall–Kier alpha value is -1.02. The molecule has 1 N–H and O–H groups in total. The molecule has 1 aromatic rings. The van der Waals surface area contributed by atoms with E-state index in [0.717, 1.165) is 23.5 Å². The number of rotatable bonds is 5. The second kappa shape index (κ2) is 5.76. The summed E-state index contributed by atoms with van der Waals surface area (Å²) in [6.45, 7) is 7.23. The van der Waals surface area contributed by atoms with Crippen molar-refractivity contribution in [3.8, 4) is 5.75 Å². The smallest absolute Gasteiger partial charge is 0.122 e. The van der Waals surface area contributed by atoms with Gasteiger partial charge in [0.1, 0.15) is 5.75 Å². The summed E-state index contributed by atoms with van der Waals surface area (Å²) in [6, 6.07) is 6.10. The minimum Gasteiger partial charge on any atom is -0.493 e. The van der Waals surface area contributed by atoms with Crippen LogP contribution >= 0.6 is 0 Å². The van der Waals surface area contributed by atoms with Gasteiger partial charge in [0.25, 0.3) is 0 Å². The highest BCUT2D eigenvalue weighted by Gasteiger charge is 2.02. The quantitative estimate of drug-likeness (QED) is 0.806. The molecule has 0 radical (unpaired) electrons. The number of aryl methyl sites for hydroxylation is 1. The molecule has 0 heterocycles. The Kier molecular flexibility index (Phi) is 4.63. The fourth-order valence-corrected chi connectivity index (χ4v) is 1.34. The molecule has 0 amide bonds. The van der Waals surface area contributed by atoms with Crippen molar-refractivity contribution in [2.45, 2.75) is 27.2 Å². The van der Waals surface area contributed by atoms with Crippen LogP contribution in [-0.4, -0.2) is 18.3 Å². The van der Waals surface area contributed by atoms with Crippen LogP contribution in [0.5, 0.6) is 5.75 Å². The first-order valence-corrected chi connectivity index (χ1v) is 5.46. The molecule has 2 nitrogen and oxygen atoms in total. The Morgan fingerprint density at radius 2 is 2.07 bits per heavy atom. The molecule has 0 fully saturated rings. The highest BCUT2D eigenvalue weighted by molar-refractivity contribution is 5.36. The van der Waals surface area contributed by atoms with E-state index in [1.807, 2.05) is 25.1 Å². The first-order chi connectivity index (χ1) is 7.13. The van der Waals surface area contributed by atoms with E-state index in [9.17, 15) is 0 Å². The molecule has 0 saturated heterocycles. The van der Waals surface area contributed by atoms with Crippen LogP contribution in [0.2, 0.25) is 0 Å². The number of ether oxygens (including phenoxy) is 1. The number of aliphatic hydroxyl groups excluding tert-OH is 1. The number of hydrogen-bond acceptors (Lipinski definition) is 2. The largest absolute Gasteiger partial charge is 0.493 e. The van der Waals surface area contributed by atoms with Gasteiger partial charge >= 0.3 is 0 Å². The summed E-state index contributed by atoms with van der Waals surface area (Å²) in [5.74, 6) is 1.47. The van der Waals surface area contributed by atoms with Gasteiger partial charge in [-0.15, -0.1) is 0 Å². The third kappa shape index (κ3) is 3.92. The van der Waals surface area contributed by atoms with Gasteiger partial charge in [-0.25, -0.2) is 0 Å². The van der Waals surface area contributed by atoms with Crippen molar-refractivity contribution in [1.29, 1.82) is 0 Å². The van der Waals surface area contributed by atoms with Crippen molar-refractivity contribution in [3.05, 3.63) is 29.3 Å². The highest BCUT2D eigenvalue weighted by Crippen LogP contribution is 2.20. The number of aliphatic hydroxyl groups is 1. The van der Waals surface area contributed by atoms with E-state index < -0.39 is 0 Å². The summed E-state index contributed by atoms with van der Waals surface area (Å²) in [7, 11) is 0. The molecule has 2 heteroatoms. The zero-order valence-corrected chi connectivity index (χ0v) is 9.79. The Bertz CT molecular complexity index is 305. The van der Waals surface area contributed by atoms with Gasteiger partial charge < -0.3 is 9.84 Å². The van der Waals surface area contributed by atoms with E-state index in [1.54, 1.807) is 0 Å². The van der Waals surface area contributed by atoms with Crippen LogP contribution < -0.4 is 4.74 Å². The molecule has 0 bridgehead atoms. The van der Waals surface area contributed by atoms with Crippen LogP contribution in [0.15, 0.2) is 18.2 Å². The van der Waals surface area contributed by atoms with Crippen molar-refractivity contribution in [2.75, 3.05) is 13.2 Å². The molecule has 0 saturated carbocycles. The molecule has 84 valence electrons. The minimum atomic E-state index is 0.187. The molecular formula is C13H20O2. The second-order valence-corrected chi connectivity index (χ2v) is 4.28. The van der Waals surface area contributed by atoms with Crippen molar-refractivity contribution in [2.24, 2.45) is 5.92 Å². The Labute approximate surface area is 91.9 Å². The van der Waals surface area contributed by atoms with E-state index in [1.165, 1.54) is 0 Å². The Morgan fingerprint density at radius 3 is 2.67 bits per heavy atom. The van der Waals surface area contributed by atoms with E-state index in [-0.39, 0.29) is 6.61 Å². The lowest BCUT2D eigenvalue weighted by atomic mass is 10.1. The van der Waals surface area contributed by atoms with Crippen molar-refractivity contribution in [3.63, 3.8) is 0 Å². The summed E-state index contributed by atoms with van der Waals surface area (Å²) in [5.41, 5.74) is 2.28. The van der Waals surface area contributed by atoms with E-state index in [4.69, 9.17) is 9.84 Å².